The maximum absolute atomic E-state index is 5.81. The third-order valence-electron chi connectivity index (χ3n) is 3.90. The van der Waals surface area contributed by atoms with Crippen LogP contribution in [0.2, 0.25) is 0 Å². The van der Waals surface area contributed by atoms with Crippen LogP contribution in [0.4, 0.5) is 0 Å². The summed E-state index contributed by atoms with van der Waals surface area (Å²) in [5, 5.41) is 0. The molecule has 1 aromatic carbocycles. The largest absolute Gasteiger partial charge is 0.377 e. The molecular formula is C15H24N2O. The zero-order valence-corrected chi connectivity index (χ0v) is 11.4. The number of hydrazine groups is 1. The van der Waals surface area contributed by atoms with Crippen LogP contribution in [0, 0.1) is 13.8 Å². The summed E-state index contributed by atoms with van der Waals surface area (Å²) in [7, 11) is 0. The van der Waals surface area contributed by atoms with Gasteiger partial charge in [0.2, 0.25) is 0 Å². The highest BCUT2D eigenvalue weighted by Gasteiger charge is 2.23. The van der Waals surface area contributed by atoms with Gasteiger partial charge < -0.3 is 4.74 Å². The number of nitrogens with two attached hydrogens (primary N) is 1. The zero-order chi connectivity index (χ0) is 13.0. The standard InChI is InChI=1S/C15H24N2O/c1-11-6-7-13(9-12(11)2)10-14(17-16)15-5-3-4-8-18-15/h6-7,9,14-15,17H,3-5,8,10,16H2,1-2H3. The SMILES string of the molecule is Cc1ccc(CC(NN)C2CCCCO2)cc1C. The number of aryl methyl sites for hydroxylation is 2. The second-order valence-electron chi connectivity index (χ2n) is 5.30. The molecule has 1 saturated heterocycles. The van der Waals surface area contributed by atoms with Gasteiger partial charge in [0.05, 0.1) is 12.1 Å². The maximum Gasteiger partial charge on any atom is 0.0744 e. The van der Waals surface area contributed by atoms with Crippen LogP contribution in [0.5, 0.6) is 0 Å². The van der Waals surface area contributed by atoms with Crippen molar-refractivity contribution >= 4 is 0 Å². The van der Waals surface area contributed by atoms with E-state index >= 15 is 0 Å². The van der Waals surface area contributed by atoms with Gasteiger partial charge in [0, 0.05) is 6.61 Å². The highest BCUT2D eigenvalue weighted by Crippen LogP contribution is 2.19. The normalized spacial score (nSPS) is 21.8. The van der Waals surface area contributed by atoms with E-state index in [2.05, 4.69) is 37.5 Å². The molecule has 2 atom stereocenters. The summed E-state index contributed by atoms with van der Waals surface area (Å²) >= 11 is 0. The summed E-state index contributed by atoms with van der Waals surface area (Å²) in [5.74, 6) is 5.69. The topological polar surface area (TPSA) is 47.3 Å². The minimum atomic E-state index is 0.215. The van der Waals surface area contributed by atoms with Gasteiger partial charge in [-0.05, 0) is 56.2 Å². The second kappa shape index (κ2) is 6.32. The summed E-state index contributed by atoms with van der Waals surface area (Å²) in [5.41, 5.74) is 6.94. The Morgan fingerprint density at radius 3 is 2.78 bits per heavy atom. The van der Waals surface area contributed by atoms with E-state index in [9.17, 15) is 0 Å². The molecule has 0 spiro atoms. The average molecular weight is 248 g/mol. The van der Waals surface area contributed by atoms with Crippen molar-refractivity contribution in [3.05, 3.63) is 34.9 Å². The van der Waals surface area contributed by atoms with E-state index in [4.69, 9.17) is 10.6 Å². The molecule has 1 heterocycles. The highest BCUT2D eigenvalue weighted by atomic mass is 16.5. The Kier molecular flexibility index (Phi) is 4.75. The average Bonchev–Trinajstić information content (AvgIpc) is 2.41. The van der Waals surface area contributed by atoms with Gasteiger partial charge in [-0.15, -0.1) is 0 Å². The second-order valence-corrected chi connectivity index (χ2v) is 5.30. The fourth-order valence-corrected chi connectivity index (χ4v) is 2.57. The number of nitrogens with one attached hydrogen (secondary N) is 1. The summed E-state index contributed by atoms with van der Waals surface area (Å²) in [4.78, 5) is 0. The van der Waals surface area contributed by atoms with Gasteiger partial charge in [-0.2, -0.15) is 0 Å². The predicted octanol–water partition coefficient (Wildman–Crippen LogP) is 2.25. The summed E-state index contributed by atoms with van der Waals surface area (Å²) < 4.78 is 5.81. The van der Waals surface area contributed by atoms with Crippen LogP contribution < -0.4 is 11.3 Å². The monoisotopic (exact) mass is 248 g/mol. The van der Waals surface area contributed by atoms with Gasteiger partial charge in [0.15, 0.2) is 0 Å². The van der Waals surface area contributed by atoms with Gasteiger partial charge in [-0.3, -0.25) is 11.3 Å². The van der Waals surface area contributed by atoms with Crippen molar-refractivity contribution in [1.29, 1.82) is 0 Å². The van der Waals surface area contributed by atoms with Crippen LogP contribution in [0.3, 0.4) is 0 Å². The van der Waals surface area contributed by atoms with E-state index in [1.165, 1.54) is 29.5 Å². The Hall–Kier alpha value is -0.900. The molecule has 2 unspecified atom stereocenters. The Morgan fingerprint density at radius 1 is 1.33 bits per heavy atom. The van der Waals surface area contributed by atoms with Crippen molar-refractivity contribution in [3.63, 3.8) is 0 Å². The van der Waals surface area contributed by atoms with E-state index < -0.39 is 0 Å². The smallest absolute Gasteiger partial charge is 0.0744 e. The molecule has 3 nitrogen and oxygen atoms in total. The Labute approximate surface area is 110 Å². The van der Waals surface area contributed by atoms with Crippen molar-refractivity contribution in [1.82, 2.24) is 5.43 Å². The van der Waals surface area contributed by atoms with Gasteiger partial charge in [0.1, 0.15) is 0 Å². The van der Waals surface area contributed by atoms with Gasteiger partial charge in [-0.1, -0.05) is 18.2 Å². The molecule has 100 valence electrons. The Bertz CT molecular complexity index is 386. The first-order valence-corrected chi connectivity index (χ1v) is 6.84. The lowest BCUT2D eigenvalue weighted by molar-refractivity contribution is -0.00744. The van der Waals surface area contributed by atoms with Gasteiger partial charge >= 0.3 is 0 Å². The lowest BCUT2D eigenvalue weighted by atomic mass is 9.95. The molecule has 18 heavy (non-hydrogen) atoms. The first-order valence-electron chi connectivity index (χ1n) is 6.84. The predicted molar refractivity (Wildman–Crippen MR) is 74.3 cm³/mol. The first-order chi connectivity index (χ1) is 8.70. The van der Waals surface area contributed by atoms with Crippen molar-refractivity contribution < 1.29 is 4.74 Å². The molecule has 0 saturated carbocycles. The molecule has 3 N–H and O–H groups in total. The van der Waals surface area contributed by atoms with Crippen LogP contribution in [0.1, 0.15) is 36.0 Å². The van der Waals surface area contributed by atoms with Crippen LogP contribution in [0.15, 0.2) is 18.2 Å². The molecule has 0 radical (unpaired) electrons. The number of hydrogen-bond donors (Lipinski definition) is 2. The molecule has 1 aliphatic heterocycles. The molecule has 2 rings (SSSR count). The fraction of sp³-hybridized carbons (Fsp3) is 0.600. The number of ether oxygens (including phenoxy) is 1. The van der Waals surface area contributed by atoms with E-state index in [1.54, 1.807) is 0 Å². The maximum atomic E-state index is 5.81. The molecule has 1 aromatic rings. The molecule has 1 fully saturated rings. The summed E-state index contributed by atoms with van der Waals surface area (Å²) in [6, 6.07) is 6.84. The molecule has 0 amide bonds. The molecular weight excluding hydrogens is 224 g/mol. The Morgan fingerprint density at radius 2 is 2.17 bits per heavy atom. The molecule has 3 heteroatoms. The van der Waals surface area contributed by atoms with Crippen molar-refractivity contribution in [3.8, 4) is 0 Å². The molecule has 1 aliphatic rings. The minimum Gasteiger partial charge on any atom is -0.377 e. The van der Waals surface area contributed by atoms with Crippen molar-refractivity contribution in [2.24, 2.45) is 5.84 Å². The van der Waals surface area contributed by atoms with Crippen LogP contribution in [-0.2, 0) is 11.2 Å². The van der Waals surface area contributed by atoms with Crippen molar-refractivity contribution in [2.45, 2.75) is 51.7 Å². The molecule has 0 bridgehead atoms. The first kappa shape index (κ1) is 13.5. The van der Waals surface area contributed by atoms with Crippen LogP contribution in [-0.4, -0.2) is 18.8 Å². The number of rotatable bonds is 4. The van der Waals surface area contributed by atoms with Crippen LogP contribution in [0.25, 0.3) is 0 Å². The zero-order valence-electron chi connectivity index (χ0n) is 11.4. The van der Waals surface area contributed by atoms with Gasteiger partial charge in [-0.25, -0.2) is 0 Å². The van der Waals surface area contributed by atoms with E-state index in [0.717, 1.165) is 19.4 Å². The van der Waals surface area contributed by atoms with Gasteiger partial charge in [0.25, 0.3) is 0 Å². The highest BCUT2D eigenvalue weighted by molar-refractivity contribution is 5.30. The lowest BCUT2D eigenvalue weighted by Crippen LogP contribution is -2.47. The van der Waals surface area contributed by atoms with Crippen LogP contribution >= 0.6 is 0 Å². The quantitative estimate of drug-likeness (QED) is 0.634. The van der Waals surface area contributed by atoms with E-state index in [0.29, 0.717) is 0 Å². The molecule has 0 aromatic heterocycles. The minimum absolute atomic E-state index is 0.215. The third-order valence-corrected chi connectivity index (χ3v) is 3.90. The number of hydrogen-bond acceptors (Lipinski definition) is 3. The lowest BCUT2D eigenvalue weighted by Gasteiger charge is -2.30. The van der Waals surface area contributed by atoms with Crippen molar-refractivity contribution in [2.75, 3.05) is 6.61 Å². The summed E-state index contributed by atoms with van der Waals surface area (Å²) in [6.45, 7) is 5.17. The fourth-order valence-electron chi connectivity index (χ4n) is 2.57. The van der Waals surface area contributed by atoms with E-state index in [1.807, 2.05) is 0 Å². The summed E-state index contributed by atoms with van der Waals surface area (Å²) in [6.07, 6.45) is 4.72. The third kappa shape index (κ3) is 3.31. The van der Waals surface area contributed by atoms with E-state index in [-0.39, 0.29) is 12.1 Å². The number of benzene rings is 1. The molecule has 0 aliphatic carbocycles. The Balaban J connectivity index is 2.02.